The number of hydrogen-bond acceptors (Lipinski definition) is 5. The SMILES string of the molecule is Cc1nn(-c2ccc(F)c(C#N)c2)c(C(=O)O)c1[N+](=O)[O-]. The summed E-state index contributed by atoms with van der Waals surface area (Å²) >= 11 is 0. The molecular weight excluding hydrogens is 283 g/mol. The van der Waals surface area contributed by atoms with Crippen LogP contribution in [0.4, 0.5) is 10.1 Å². The van der Waals surface area contributed by atoms with Crippen molar-refractivity contribution in [2.45, 2.75) is 6.92 Å². The molecule has 2 rings (SSSR count). The lowest BCUT2D eigenvalue weighted by molar-refractivity contribution is -0.385. The van der Waals surface area contributed by atoms with E-state index in [9.17, 15) is 19.3 Å². The van der Waals surface area contributed by atoms with Gasteiger partial charge in [0.25, 0.3) is 0 Å². The summed E-state index contributed by atoms with van der Waals surface area (Å²) in [5.74, 6) is -2.33. The second-order valence-electron chi connectivity index (χ2n) is 4.03. The zero-order valence-electron chi connectivity index (χ0n) is 10.6. The number of aryl methyl sites for hydroxylation is 1. The first-order valence-electron chi connectivity index (χ1n) is 5.54. The van der Waals surface area contributed by atoms with Crippen LogP contribution in [0.5, 0.6) is 0 Å². The van der Waals surface area contributed by atoms with Crippen molar-refractivity contribution in [3.8, 4) is 11.8 Å². The summed E-state index contributed by atoms with van der Waals surface area (Å²) < 4.78 is 14.1. The third kappa shape index (κ3) is 2.30. The second kappa shape index (κ2) is 5.01. The van der Waals surface area contributed by atoms with Crippen molar-refractivity contribution in [3.63, 3.8) is 0 Å². The molecule has 1 N–H and O–H groups in total. The molecule has 0 amide bonds. The Hall–Kier alpha value is -3.28. The van der Waals surface area contributed by atoms with Gasteiger partial charge in [-0.15, -0.1) is 0 Å². The summed E-state index contributed by atoms with van der Waals surface area (Å²) in [6.07, 6.45) is 0. The van der Waals surface area contributed by atoms with E-state index in [1.165, 1.54) is 13.0 Å². The molecule has 1 heterocycles. The van der Waals surface area contributed by atoms with Crippen LogP contribution in [0.2, 0.25) is 0 Å². The van der Waals surface area contributed by atoms with Gasteiger partial charge in [0.05, 0.1) is 16.2 Å². The number of nitro groups is 1. The number of nitrogens with zero attached hydrogens (tertiary/aromatic N) is 4. The monoisotopic (exact) mass is 290 g/mol. The molecule has 0 saturated carbocycles. The van der Waals surface area contributed by atoms with Gasteiger partial charge < -0.3 is 5.11 Å². The van der Waals surface area contributed by atoms with Gasteiger partial charge in [-0.25, -0.2) is 13.9 Å². The number of carboxylic acids is 1. The standard InChI is InChI=1S/C12H7FN4O4/c1-6-10(17(20)21)11(12(18)19)16(15-6)8-2-3-9(13)7(4-8)5-14/h2-4H,1H3,(H,18,19). The van der Waals surface area contributed by atoms with Crippen molar-refractivity contribution in [3.05, 3.63) is 51.1 Å². The fourth-order valence-corrected chi connectivity index (χ4v) is 1.85. The van der Waals surface area contributed by atoms with Gasteiger partial charge in [-0.05, 0) is 25.1 Å². The van der Waals surface area contributed by atoms with Crippen molar-refractivity contribution >= 4 is 11.7 Å². The van der Waals surface area contributed by atoms with Crippen molar-refractivity contribution in [2.24, 2.45) is 0 Å². The van der Waals surface area contributed by atoms with Crippen LogP contribution in [0.3, 0.4) is 0 Å². The molecule has 0 bridgehead atoms. The fourth-order valence-electron chi connectivity index (χ4n) is 1.85. The number of carboxylic acid groups (broad SMARTS) is 1. The van der Waals surface area contributed by atoms with Crippen molar-refractivity contribution < 1.29 is 19.2 Å². The van der Waals surface area contributed by atoms with Crippen LogP contribution < -0.4 is 0 Å². The first kappa shape index (κ1) is 14.1. The number of nitriles is 1. The topological polar surface area (TPSA) is 122 Å². The Morgan fingerprint density at radius 1 is 1.57 bits per heavy atom. The molecule has 0 aliphatic rings. The highest BCUT2D eigenvalue weighted by molar-refractivity contribution is 5.91. The predicted octanol–water partition coefficient (Wildman–Crippen LogP) is 1.80. The minimum atomic E-state index is -1.55. The average molecular weight is 290 g/mol. The molecule has 1 aromatic carbocycles. The third-order valence-corrected chi connectivity index (χ3v) is 2.73. The number of aromatic nitrogens is 2. The zero-order chi connectivity index (χ0) is 15.7. The van der Waals surface area contributed by atoms with E-state index in [2.05, 4.69) is 5.10 Å². The van der Waals surface area contributed by atoms with Gasteiger partial charge in [-0.2, -0.15) is 10.4 Å². The highest BCUT2D eigenvalue weighted by Gasteiger charge is 2.31. The Balaban J connectivity index is 2.76. The maximum absolute atomic E-state index is 13.3. The summed E-state index contributed by atoms with van der Waals surface area (Å²) in [7, 11) is 0. The maximum atomic E-state index is 13.3. The van der Waals surface area contributed by atoms with Crippen LogP contribution >= 0.6 is 0 Å². The van der Waals surface area contributed by atoms with Gasteiger partial charge in [0.2, 0.25) is 5.69 Å². The number of benzene rings is 1. The molecule has 2 aromatic rings. The van der Waals surface area contributed by atoms with Crippen LogP contribution in [0.25, 0.3) is 5.69 Å². The first-order chi connectivity index (χ1) is 9.86. The zero-order valence-corrected chi connectivity index (χ0v) is 10.6. The van der Waals surface area contributed by atoms with Crippen LogP contribution in [0, 0.1) is 34.2 Å². The Kier molecular flexibility index (Phi) is 3.37. The van der Waals surface area contributed by atoms with Gasteiger partial charge >= 0.3 is 11.7 Å². The third-order valence-electron chi connectivity index (χ3n) is 2.73. The Labute approximate surface area is 116 Å². The minimum Gasteiger partial charge on any atom is -0.476 e. The molecule has 0 unspecified atom stereocenters. The molecule has 8 nitrogen and oxygen atoms in total. The van der Waals surface area contributed by atoms with E-state index >= 15 is 0 Å². The second-order valence-corrected chi connectivity index (χ2v) is 4.03. The van der Waals surface area contributed by atoms with Crippen LogP contribution in [0.15, 0.2) is 18.2 Å². The molecule has 1 aromatic heterocycles. The fraction of sp³-hybridized carbons (Fsp3) is 0.0833. The lowest BCUT2D eigenvalue weighted by atomic mass is 10.2. The van der Waals surface area contributed by atoms with Gasteiger partial charge in [0.1, 0.15) is 17.6 Å². The van der Waals surface area contributed by atoms with Crippen LogP contribution in [-0.2, 0) is 0 Å². The van der Waals surface area contributed by atoms with E-state index in [-0.39, 0.29) is 16.9 Å². The first-order valence-corrected chi connectivity index (χ1v) is 5.54. The molecule has 0 radical (unpaired) electrons. The molecule has 21 heavy (non-hydrogen) atoms. The van der Waals surface area contributed by atoms with E-state index in [0.29, 0.717) is 0 Å². The van der Waals surface area contributed by atoms with Crippen LogP contribution in [0.1, 0.15) is 21.7 Å². The highest BCUT2D eigenvalue weighted by Crippen LogP contribution is 2.26. The van der Waals surface area contributed by atoms with E-state index in [0.717, 1.165) is 16.8 Å². The lowest BCUT2D eigenvalue weighted by Gasteiger charge is -2.04. The molecule has 0 fully saturated rings. The minimum absolute atomic E-state index is 0.0431. The molecule has 0 saturated heterocycles. The van der Waals surface area contributed by atoms with Crippen molar-refractivity contribution in [1.82, 2.24) is 9.78 Å². The molecular formula is C12H7FN4O4. The van der Waals surface area contributed by atoms with E-state index in [4.69, 9.17) is 10.4 Å². The summed E-state index contributed by atoms with van der Waals surface area (Å²) in [5, 5.41) is 32.7. The summed E-state index contributed by atoms with van der Waals surface area (Å²) in [5.41, 5.74) is -1.68. The Morgan fingerprint density at radius 3 is 2.76 bits per heavy atom. The normalized spacial score (nSPS) is 10.1. The Bertz CT molecular complexity index is 806. The molecule has 106 valence electrons. The van der Waals surface area contributed by atoms with Gasteiger partial charge in [-0.1, -0.05) is 0 Å². The number of aromatic carboxylic acids is 1. The van der Waals surface area contributed by atoms with Gasteiger partial charge in [-0.3, -0.25) is 10.1 Å². The van der Waals surface area contributed by atoms with Crippen molar-refractivity contribution in [2.75, 3.05) is 0 Å². The van der Waals surface area contributed by atoms with Gasteiger partial charge in [0.15, 0.2) is 0 Å². The lowest BCUT2D eigenvalue weighted by Crippen LogP contribution is -2.10. The summed E-state index contributed by atoms with van der Waals surface area (Å²) in [4.78, 5) is 21.3. The molecule has 0 atom stereocenters. The van der Waals surface area contributed by atoms with E-state index < -0.39 is 28.1 Å². The predicted molar refractivity (Wildman–Crippen MR) is 66.6 cm³/mol. The maximum Gasteiger partial charge on any atom is 0.361 e. The number of carbonyl (C=O) groups is 1. The smallest absolute Gasteiger partial charge is 0.361 e. The van der Waals surface area contributed by atoms with Crippen molar-refractivity contribution in [1.29, 1.82) is 5.26 Å². The van der Waals surface area contributed by atoms with Gasteiger partial charge in [0, 0.05) is 0 Å². The largest absolute Gasteiger partial charge is 0.476 e. The number of rotatable bonds is 3. The summed E-state index contributed by atoms with van der Waals surface area (Å²) in [6.45, 7) is 1.29. The Morgan fingerprint density at radius 2 is 2.24 bits per heavy atom. The molecule has 0 aliphatic heterocycles. The average Bonchev–Trinajstić information content (AvgIpc) is 2.77. The summed E-state index contributed by atoms with van der Waals surface area (Å²) in [6, 6.07) is 4.81. The quantitative estimate of drug-likeness (QED) is 0.679. The van der Waals surface area contributed by atoms with E-state index in [1.54, 1.807) is 6.07 Å². The van der Waals surface area contributed by atoms with Crippen LogP contribution in [-0.4, -0.2) is 25.8 Å². The highest BCUT2D eigenvalue weighted by atomic mass is 19.1. The molecule has 9 heteroatoms. The van der Waals surface area contributed by atoms with E-state index in [1.807, 2.05) is 0 Å². The number of hydrogen-bond donors (Lipinski definition) is 1. The molecule has 0 aliphatic carbocycles. The molecule has 0 spiro atoms. The number of halogens is 1.